The van der Waals surface area contributed by atoms with Crippen LogP contribution in [0.25, 0.3) is 5.76 Å². The zero-order chi connectivity index (χ0) is 29.6. The van der Waals surface area contributed by atoms with Gasteiger partial charge in [0.15, 0.2) is 15.8 Å². The van der Waals surface area contributed by atoms with Crippen LogP contribution in [0.3, 0.4) is 0 Å². The lowest BCUT2D eigenvalue weighted by atomic mass is 9.95. The molecule has 1 fully saturated rings. The Morgan fingerprint density at radius 2 is 1.76 bits per heavy atom. The summed E-state index contributed by atoms with van der Waals surface area (Å²) in [5.41, 5.74) is 1.65. The quantitative estimate of drug-likeness (QED) is 0.0656. The van der Waals surface area contributed by atoms with E-state index in [1.807, 2.05) is 44.2 Å². The van der Waals surface area contributed by atoms with Gasteiger partial charge in [0.2, 0.25) is 5.13 Å². The second-order valence-electron chi connectivity index (χ2n) is 9.29. The van der Waals surface area contributed by atoms with Crippen LogP contribution in [0.15, 0.2) is 82.7 Å². The molecule has 4 aromatic rings. The first-order valence-corrected chi connectivity index (χ1v) is 15.2. The molecule has 216 valence electrons. The number of Topliss-reactive ketones (excluding diaryl/α,β-unsaturated/α-hetero) is 1. The predicted octanol–water partition coefficient (Wildman–Crippen LogP) is 6.78. The van der Waals surface area contributed by atoms with Gasteiger partial charge in [0.25, 0.3) is 5.78 Å². The number of thioether (sulfide) groups is 1. The highest BCUT2D eigenvalue weighted by atomic mass is 32.2. The molecule has 1 saturated heterocycles. The number of ketones is 1. The normalized spacial score (nSPS) is 16.2. The molecule has 0 spiro atoms. The van der Waals surface area contributed by atoms with E-state index in [2.05, 4.69) is 10.2 Å². The van der Waals surface area contributed by atoms with Gasteiger partial charge in [-0.05, 0) is 60.9 Å². The standard InChI is InChI=1S/C31H28FN3O5S2/c1-3-16-40-23-15-12-21(17-24(23)39-4-2)26-25(27(36)20-10-13-22(32)14-11-20)28(37)29(38)35(26)30-33-34-31(42-30)41-18-19-8-6-5-7-9-19/h5-15,17,26,36H,3-4,16,18H2,1-2H3/b27-25+. The van der Waals surface area contributed by atoms with Gasteiger partial charge < -0.3 is 14.6 Å². The molecule has 1 aromatic heterocycles. The fourth-order valence-electron chi connectivity index (χ4n) is 4.48. The van der Waals surface area contributed by atoms with Gasteiger partial charge in [-0.15, -0.1) is 10.2 Å². The summed E-state index contributed by atoms with van der Waals surface area (Å²) in [6, 6.07) is 19.0. The van der Waals surface area contributed by atoms with Crippen molar-refractivity contribution in [1.29, 1.82) is 0 Å². The van der Waals surface area contributed by atoms with Crippen LogP contribution in [0.1, 0.15) is 43.0 Å². The Kier molecular flexibility index (Phi) is 9.19. The maximum absolute atomic E-state index is 13.6. The molecule has 11 heteroatoms. The van der Waals surface area contributed by atoms with E-state index in [1.54, 1.807) is 18.2 Å². The summed E-state index contributed by atoms with van der Waals surface area (Å²) in [5, 5.41) is 20.0. The molecule has 5 rings (SSSR count). The van der Waals surface area contributed by atoms with Gasteiger partial charge in [-0.3, -0.25) is 14.5 Å². The number of carbonyl (C=O) groups excluding carboxylic acids is 2. The Labute approximate surface area is 250 Å². The maximum atomic E-state index is 13.6. The second kappa shape index (κ2) is 13.2. The van der Waals surface area contributed by atoms with E-state index in [4.69, 9.17) is 9.47 Å². The summed E-state index contributed by atoms with van der Waals surface area (Å²) in [5.74, 6) is -1.06. The lowest BCUT2D eigenvalue weighted by Gasteiger charge is -2.23. The highest BCUT2D eigenvalue weighted by Gasteiger charge is 2.48. The number of hydrogen-bond donors (Lipinski definition) is 1. The molecule has 1 aliphatic heterocycles. The average molecular weight is 606 g/mol. The van der Waals surface area contributed by atoms with Crippen molar-refractivity contribution in [1.82, 2.24) is 10.2 Å². The number of anilines is 1. The van der Waals surface area contributed by atoms with E-state index in [9.17, 15) is 19.1 Å². The molecular weight excluding hydrogens is 577 g/mol. The van der Waals surface area contributed by atoms with E-state index in [-0.39, 0.29) is 16.3 Å². The van der Waals surface area contributed by atoms with Gasteiger partial charge in [0.1, 0.15) is 11.6 Å². The molecule has 1 aliphatic rings. The summed E-state index contributed by atoms with van der Waals surface area (Å²) >= 11 is 2.64. The number of aliphatic hydroxyl groups is 1. The highest BCUT2D eigenvalue weighted by Crippen LogP contribution is 2.45. The first kappa shape index (κ1) is 29.3. The summed E-state index contributed by atoms with van der Waals surface area (Å²) in [7, 11) is 0. The minimum atomic E-state index is -1.05. The van der Waals surface area contributed by atoms with Crippen molar-refractivity contribution in [2.45, 2.75) is 36.4 Å². The number of carbonyl (C=O) groups is 2. The first-order valence-electron chi connectivity index (χ1n) is 13.4. The molecule has 8 nitrogen and oxygen atoms in total. The van der Waals surface area contributed by atoms with Gasteiger partial charge in [0, 0.05) is 11.3 Å². The number of rotatable bonds is 11. The second-order valence-corrected chi connectivity index (χ2v) is 11.5. The molecule has 42 heavy (non-hydrogen) atoms. The van der Waals surface area contributed by atoms with Crippen LogP contribution >= 0.6 is 23.1 Å². The summed E-state index contributed by atoms with van der Waals surface area (Å²) < 4.78 is 25.9. The van der Waals surface area contributed by atoms with E-state index in [0.717, 1.165) is 12.0 Å². The van der Waals surface area contributed by atoms with Crippen LogP contribution in [0.4, 0.5) is 9.52 Å². The van der Waals surface area contributed by atoms with Crippen molar-refractivity contribution < 1.29 is 28.6 Å². The lowest BCUT2D eigenvalue weighted by Crippen LogP contribution is -2.29. The largest absolute Gasteiger partial charge is 0.507 e. The SMILES string of the molecule is CCCOc1ccc(C2/C(=C(\O)c3ccc(F)cc3)C(=O)C(=O)N2c2nnc(SCc3ccccc3)s2)cc1OCC. The fraction of sp³-hybridized carbons (Fsp3) is 0.226. The molecule has 1 unspecified atom stereocenters. The number of benzene rings is 3. The number of nitrogens with zero attached hydrogens (tertiary/aromatic N) is 3. The number of aliphatic hydroxyl groups excluding tert-OH is 1. The minimum absolute atomic E-state index is 0.148. The monoisotopic (exact) mass is 605 g/mol. The van der Waals surface area contributed by atoms with Gasteiger partial charge >= 0.3 is 5.91 Å². The number of hydrogen-bond acceptors (Lipinski definition) is 9. The zero-order valence-corrected chi connectivity index (χ0v) is 24.6. The Morgan fingerprint density at radius 1 is 1.00 bits per heavy atom. The number of amides is 1. The van der Waals surface area contributed by atoms with Crippen LogP contribution < -0.4 is 14.4 Å². The Bertz CT molecular complexity index is 1610. The number of halogens is 1. The van der Waals surface area contributed by atoms with Gasteiger partial charge in [-0.2, -0.15) is 0 Å². The molecule has 0 bridgehead atoms. The van der Waals surface area contributed by atoms with E-state index in [1.165, 1.54) is 52.3 Å². The molecule has 1 N–H and O–H groups in total. The third kappa shape index (κ3) is 6.17. The van der Waals surface area contributed by atoms with Crippen molar-refractivity contribution in [3.8, 4) is 11.5 Å². The lowest BCUT2D eigenvalue weighted by molar-refractivity contribution is -0.132. The molecule has 1 atom stereocenters. The van der Waals surface area contributed by atoms with Gasteiger partial charge in [0.05, 0.1) is 24.8 Å². The van der Waals surface area contributed by atoms with Crippen LogP contribution in [0, 0.1) is 5.82 Å². The Morgan fingerprint density at radius 3 is 2.48 bits per heavy atom. The van der Waals surface area contributed by atoms with Crippen LogP contribution in [0.5, 0.6) is 11.5 Å². The molecule has 0 radical (unpaired) electrons. The van der Waals surface area contributed by atoms with E-state index >= 15 is 0 Å². The smallest absolute Gasteiger partial charge is 0.301 e. The van der Waals surface area contributed by atoms with Gasteiger partial charge in [-0.25, -0.2) is 4.39 Å². The summed E-state index contributed by atoms with van der Waals surface area (Å²) in [6.07, 6.45) is 0.798. The molecule has 3 aromatic carbocycles. The topological polar surface area (TPSA) is 102 Å². The Hall–Kier alpha value is -4.22. The zero-order valence-electron chi connectivity index (χ0n) is 23.0. The van der Waals surface area contributed by atoms with Crippen molar-refractivity contribution in [2.75, 3.05) is 18.1 Å². The van der Waals surface area contributed by atoms with Gasteiger partial charge in [-0.1, -0.05) is 66.4 Å². The van der Waals surface area contributed by atoms with E-state index < -0.39 is 29.3 Å². The Balaban J connectivity index is 1.58. The van der Waals surface area contributed by atoms with Crippen molar-refractivity contribution in [3.05, 3.63) is 101 Å². The molecular formula is C31H28FN3O5S2. The predicted molar refractivity (Wildman–Crippen MR) is 160 cm³/mol. The molecule has 2 heterocycles. The number of ether oxygens (including phenoxy) is 2. The summed E-state index contributed by atoms with van der Waals surface area (Å²) in [4.78, 5) is 28.3. The van der Waals surface area contributed by atoms with Crippen molar-refractivity contribution in [2.24, 2.45) is 0 Å². The third-order valence-electron chi connectivity index (χ3n) is 6.41. The van der Waals surface area contributed by atoms with Crippen molar-refractivity contribution >= 4 is 45.7 Å². The van der Waals surface area contributed by atoms with Crippen LogP contribution in [-0.2, 0) is 15.3 Å². The average Bonchev–Trinajstić information content (AvgIpc) is 3.58. The first-order chi connectivity index (χ1) is 20.4. The van der Waals surface area contributed by atoms with Crippen LogP contribution in [-0.4, -0.2) is 40.2 Å². The minimum Gasteiger partial charge on any atom is -0.507 e. The fourth-order valence-corrected chi connectivity index (χ4v) is 6.30. The van der Waals surface area contributed by atoms with E-state index in [0.29, 0.717) is 40.4 Å². The maximum Gasteiger partial charge on any atom is 0.301 e. The molecule has 0 saturated carbocycles. The molecule has 1 amide bonds. The molecule has 0 aliphatic carbocycles. The highest BCUT2D eigenvalue weighted by molar-refractivity contribution is 8.00. The third-order valence-corrected chi connectivity index (χ3v) is 8.54. The van der Waals surface area contributed by atoms with Crippen LogP contribution in [0.2, 0.25) is 0 Å². The number of aromatic nitrogens is 2. The van der Waals surface area contributed by atoms with Crippen molar-refractivity contribution in [3.63, 3.8) is 0 Å². The summed E-state index contributed by atoms with van der Waals surface area (Å²) in [6.45, 7) is 4.68.